The Morgan fingerprint density at radius 2 is 1.81 bits per heavy atom. The van der Waals surface area contributed by atoms with Gasteiger partial charge >= 0.3 is 0 Å². The number of ether oxygens (including phenoxy) is 1. The Labute approximate surface area is 159 Å². The van der Waals surface area contributed by atoms with E-state index in [1.54, 1.807) is 0 Å². The van der Waals surface area contributed by atoms with E-state index >= 15 is 0 Å². The van der Waals surface area contributed by atoms with Gasteiger partial charge in [-0.25, -0.2) is 4.98 Å². The SMILES string of the molecule is CCCc1ccc(-c2cc(C(=O)N3CCOCC3)c3ccccc3n2)cc1. The standard InChI is InChI=1S/C23H24N2O2/c1-2-5-17-8-10-18(11-9-17)22-16-20(19-6-3-4-7-21(19)24-22)23(26)25-12-14-27-15-13-25/h3-4,6-11,16H,2,5,12-15H2,1H3. The summed E-state index contributed by atoms with van der Waals surface area (Å²) in [5.74, 6) is 0.0563. The monoisotopic (exact) mass is 360 g/mol. The maximum Gasteiger partial charge on any atom is 0.254 e. The molecule has 4 nitrogen and oxygen atoms in total. The molecule has 0 saturated carbocycles. The second-order valence-corrected chi connectivity index (χ2v) is 6.92. The Morgan fingerprint density at radius 3 is 2.56 bits per heavy atom. The number of hydrogen-bond acceptors (Lipinski definition) is 3. The van der Waals surface area contributed by atoms with Crippen molar-refractivity contribution in [3.63, 3.8) is 0 Å². The van der Waals surface area contributed by atoms with E-state index in [9.17, 15) is 4.79 Å². The summed E-state index contributed by atoms with van der Waals surface area (Å²) in [6.45, 7) is 4.65. The minimum absolute atomic E-state index is 0.0563. The second kappa shape index (κ2) is 7.89. The van der Waals surface area contributed by atoms with Gasteiger partial charge in [-0.1, -0.05) is 55.8 Å². The normalized spacial score (nSPS) is 14.5. The maximum absolute atomic E-state index is 13.2. The van der Waals surface area contributed by atoms with Crippen molar-refractivity contribution in [2.45, 2.75) is 19.8 Å². The van der Waals surface area contributed by atoms with Crippen LogP contribution in [-0.2, 0) is 11.2 Å². The van der Waals surface area contributed by atoms with Gasteiger partial charge in [0.25, 0.3) is 5.91 Å². The maximum atomic E-state index is 13.2. The van der Waals surface area contributed by atoms with Crippen LogP contribution in [0.4, 0.5) is 0 Å². The molecule has 0 N–H and O–H groups in total. The molecule has 2 aromatic carbocycles. The first-order valence-electron chi connectivity index (χ1n) is 9.62. The lowest BCUT2D eigenvalue weighted by Crippen LogP contribution is -2.40. The molecule has 0 unspecified atom stereocenters. The third kappa shape index (κ3) is 3.71. The van der Waals surface area contributed by atoms with Gasteiger partial charge in [-0.15, -0.1) is 0 Å². The zero-order chi connectivity index (χ0) is 18.6. The highest BCUT2D eigenvalue weighted by molar-refractivity contribution is 6.07. The highest BCUT2D eigenvalue weighted by atomic mass is 16.5. The first-order chi connectivity index (χ1) is 13.3. The third-order valence-corrected chi connectivity index (χ3v) is 5.03. The minimum atomic E-state index is 0.0563. The number of rotatable bonds is 4. The Morgan fingerprint density at radius 1 is 1.07 bits per heavy atom. The number of aryl methyl sites for hydroxylation is 1. The van der Waals surface area contributed by atoms with E-state index in [-0.39, 0.29) is 5.91 Å². The molecule has 27 heavy (non-hydrogen) atoms. The summed E-state index contributed by atoms with van der Waals surface area (Å²) in [6, 6.07) is 18.3. The summed E-state index contributed by atoms with van der Waals surface area (Å²) >= 11 is 0. The molecule has 0 spiro atoms. The minimum Gasteiger partial charge on any atom is -0.378 e. The molecule has 1 fully saturated rings. The van der Waals surface area contributed by atoms with Gasteiger partial charge in [0.05, 0.1) is 30.0 Å². The third-order valence-electron chi connectivity index (χ3n) is 5.03. The van der Waals surface area contributed by atoms with Gasteiger partial charge in [0, 0.05) is 24.0 Å². The fourth-order valence-electron chi connectivity index (χ4n) is 3.57. The van der Waals surface area contributed by atoms with Crippen LogP contribution in [0.1, 0.15) is 29.3 Å². The Balaban J connectivity index is 1.77. The Kier molecular flexibility index (Phi) is 5.16. The van der Waals surface area contributed by atoms with E-state index in [1.807, 2.05) is 35.2 Å². The predicted molar refractivity (Wildman–Crippen MR) is 108 cm³/mol. The molecule has 1 aromatic heterocycles. The van der Waals surface area contributed by atoms with Crippen molar-refractivity contribution in [3.05, 3.63) is 65.7 Å². The number of carbonyl (C=O) groups is 1. The smallest absolute Gasteiger partial charge is 0.254 e. The number of aromatic nitrogens is 1. The molecule has 0 bridgehead atoms. The number of fused-ring (bicyclic) bond motifs is 1. The van der Waals surface area contributed by atoms with Gasteiger partial charge < -0.3 is 9.64 Å². The number of pyridine rings is 1. The van der Waals surface area contributed by atoms with E-state index in [0.29, 0.717) is 26.3 Å². The van der Waals surface area contributed by atoms with Crippen LogP contribution < -0.4 is 0 Å². The largest absolute Gasteiger partial charge is 0.378 e. The van der Waals surface area contributed by atoms with E-state index in [2.05, 4.69) is 31.2 Å². The summed E-state index contributed by atoms with van der Waals surface area (Å²) in [5, 5.41) is 0.903. The van der Waals surface area contributed by atoms with Crippen molar-refractivity contribution in [2.75, 3.05) is 26.3 Å². The molecule has 1 saturated heterocycles. The number of nitrogens with zero attached hydrogens (tertiary/aromatic N) is 2. The molecule has 1 aliphatic rings. The van der Waals surface area contributed by atoms with Gasteiger partial charge in [0.2, 0.25) is 0 Å². The van der Waals surface area contributed by atoms with Crippen LogP contribution in [-0.4, -0.2) is 42.1 Å². The van der Waals surface area contributed by atoms with Crippen molar-refractivity contribution < 1.29 is 9.53 Å². The lowest BCUT2D eigenvalue weighted by molar-refractivity contribution is 0.0304. The Hall–Kier alpha value is -2.72. The molecular formula is C23H24N2O2. The second-order valence-electron chi connectivity index (χ2n) is 6.92. The van der Waals surface area contributed by atoms with Crippen LogP contribution in [0.3, 0.4) is 0 Å². The summed E-state index contributed by atoms with van der Waals surface area (Å²) in [6.07, 6.45) is 2.21. The number of benzene rings is 2. The van der Waals surface area contributed by atoms with E-state index in [4.69, 9.17) is 9.72 Å². The molecule has 138 valence electrons. The zero-order valence-corrected chi connectivity index (χ0v) is 15.6. The summed E-state index contributed by atoms with van der Waals surface area (Å²) in [5.41, 5.74) is 4.77. The highest BCUT2D eigenvalue weighted by Crippen LogP contribution is 2.26. The number of carbonyl (C=O) groups excluding carboxylic acids is 1. The first-order valence-corrected chi connectivity index (χ1v) is 9.62. The molecule has 1 amide bonds. The van der Waals surface area contributed by atoms with Crippen molar-refractivity contribution in [3.8, 4) is 11.3 Å². The molecular weight excluding hydrogens is 336 g/mol. The molecule has 2 heterocycles. The highest BCUT2D eigenvalue weighted by Gasteiger charge is 2.21. The quantitative estimate of drug-likeness (QED) is 0.696. The molecule has 4 rings (SSSR count). The van der Waals surface area contributed by atoms with Gasteiger partial charge in [-0.2, -0.15) is 0 Å². The van der Waals surface area contributed by atoms with Crippen LogP contribution in [0.15, 0.2) is 54.6 Å². The molecule has 1 aliphatic heterocycles. The topological polar surface area (TPSA) is 42.4 Å². The fourth-order valence-corrected chi connectivity index (χ4v) is 3.57. The van der Waals surface area contributed by atoms with Crippen LogP contribution in [0, 0.1) is 0 Å². The van der Waals surface area contributed by atoms with Crippen molar-refractivity contribution in [1.82, 2.24) is 9.88 Å². The van der Waals surface area contributed by atoms with Gasteiger partial charge in [-0.3, -0.25) is 4.79 Å². The average molecular weight is 360 g/mol. The summed E-state index contributed by atoms with van der Waals surface area (Å²) < 4.78 is 5.39. The van der Waals surface area contributed by atoms with E-state index in [0.717, 1.165) is 40.6 Å². The van der Waals surface area contributed by atoms with Crippen LogP contribution in [0.2, 0.25) is 0 Å². The summed E-state index contributed by atoms with van der Waals surface area (Å²) in [7, 11) is 0. The van der Waals surface area contributed by atoms with Crippen LogP contribution in [0.5, 0.6) is 0 Å². The number of hydrogen-bond donors (Lipinski definition) is 0. The van der Waals surface area contributed by atoms with Crippen LogP contribution in [0.25, 0.3) is 22.2 Å². The average Bonchev–Trinajstić information content (AvgIpc) is 2.74. The van der Waals surface area contributed by atoms with Crippen molar-refractivity contribution >= 4 is 16.8 Å². The lowest BCUT2D eigenvalue weighted by atomic mass is 10.0. The van der Waals surface area contributed by atoms with E-state index in [1.165, 1.54) is 5.56 Å². The van der Waals surface area contributed by atoms with Crippen molar-refractivity contribution in [1.29, 1.82) is 0 Å². The number of amides is 1. The van der Waals surface area contributed by atoms with Gasteiger partial charge in [0.1, 0.15) is 0 Å². The van der Waals surface area contributed by atoms with Crippen LogP contribution >= 0.6 is 0 Å². The zero-order valence-electron chi connectivity index (χ0n) is 15.6. The summed E-state index contributed by atoms with van der Waals surface area (Å²) in [4.78, 5) is 19.9. The molecule has 4 heteroatoms. The predicted octanol–water partition coefficient (Wildman–Crippen LogP) is 4.33. The first kappa shape index (κ1) is 17.7. The Bertz CT molecular complexity index is 944. The molecule has 0 aliphatic carbocycles. The van der Waals surface area contributed by atoms with Gasteiger partial charge in [-0.05, 0) is 24.1 Å². The fraction of sp³-hybridized carbons (Fsp3) is 0.304. The van der Waals surface area contributed by atoms with Crippen molar-refractivity contribution in [2.24, 2.45) is 0 Å². The lowest BCUT2D eigenvalue weighted by Gasteiger charge is -2.27. The van der Waals surface area contributed by atoms with Gasteiger partial charge in [0.15, 0.2) is 0 Å². The molecule has 0 atom stereocenters. The number of morpholine rings is 1. The molecule has 0 radical (unpaired) electrons. The molecule has 3 aromatic rings. The van der Waals surface area contributed by atoms with E-state index < -0.39 is 0 Å². The number of para-hydroxylation sites is 1.